The van der Waals surface area contributed by atoms with Crippen LogP contribution in [0.2, 0.25) is 0 Å². The molecule has 0 aromatic carbocycles. The Morgan fingerprint density at radius 3 is 1.59 bits per heavy atom. The topological polar surface area (TPSA) is 98.2 Å². The maximum Gasteiger partial charge on any atom is 0.234 e. The highest BCUT2D eigenvalue weighted by Crippen LogP contribution is 2.13. The van der Waals surface area contributed by atoms with Crippen molar-refractivity contribution >= 4 is 11.8 Å². The van der Waals surface area contributed by atoms with Crippen molar-refractivity contribution in [1.82, 2.24) is 5.32 Å². The third-order valence-corrected chi connectivity index (χ3v) is 5.64. The summed E-state index contributed by atoms with van der Waals surface area (Å²) in [5, 5.41) is 2.94. The van der Waals surface area contributed by atoms with Crippen LogP contribution in [0.5, 0.6) is 0 Å². The molecule has 0 radical (unpaired) electrons. The van der Waals surface area contributed by atoms with Crippen LogP contribution in [-0.2, 0) is 9.59 Å². The van der Waals surface area contributed by atoms with Gasteiger partial charge < -0.3 is 16.8 Å². The average molecular weight is 412 g/mol. The Morgan fingerprint density at radius 2 is 1.14 bits per heavy atom. The van der Waals surface area contributed by atoms with Crippen molar-refractivity contribution in [1.29, 1.82) is 0 Å². The average Bonchev–Trinajstić information content (AvgIpc) is 2.70. The van der Waals surface area contributed by atoms with Crippen LogP contribution < -0.4 is 16.8 Å². The summed E-state index contributed by atoms with van der Waals surface area (Å²) < 4.78 is 0. The fraction of sp³-hybridized carbons (Fsp3) is 0.917. The molecule has 0 aromatic rings. The van der Waals surface area contributed by atoms with Crippen LogP contribution in [0.15, 0.2) is 0 Å². The Morgan fingerprint density at radius 1 is 0.690 bits per heavy atom. The van der Waals surface area contributed by atoms with E-state index in [0.29, 0.717) is 19.4 Å². The minimum Gasteiger partial charge on any atom is -0.368 e. The van der Waals surface area contributed by atoms with Gasteiger partial charge in [-0.25, -0.2) is 0 Å². The van der Waals surface area contributed by atoms with E-state index in [1.807, 2.05) is 0 Å². The second-order valence-electron chi connectivity index (χ2n) is 8.55. The monoisotopic (exact) mass is 411 g/mol. The Balaban J connectivity index is 3.20. The Hall–Kier alpha value is -1.10. The van der Waals surface area contributed by atoms with Gasteiger partial charge in [0.15, 0.2) is 0 Å². The maximum absolute atomic E-state index is 11.8. The molecule has 0 spiro atoms. The van der Waals surface area contributed by atoms with Crippen LogP contribution in [0, 0.1) is 0 Å². The minimum absolute atomic E-state index is 0.138. The lowest BCUT2D eigenvalue weighted by Crippen LogP contribution is -2.36. The first kappa shape index (κ1) is 27.9. The number of hydrogen-bond donors (Lipinski definition) is 3. The van der Waals surface area contributed by atoms with Gasteiger partial charge in [0.25, 0.3) is 0 Å². The van der Waals surface area contributed by atoms with Crippen LogP contribution in [0.4, 0.5) is 0 Å². The van der Waals surface area contributed by atoms with Crippen molar-refractivity contribution in [2.45, 2.75) is 135 Å². The molecule has 0 bridgehead atoms. The zero-order chi connectivity index (χ0) is 21.6. The van der Waals surface area contributed by atoms with Crippen LogP contribution in [0.3, 0.4) is 0 Å². The highest BCUT2D eigenvalue weighted by Gasteiger charge is 2.08. The lowest BCUT2D eigenvalue weighted by Gasteiger charge is -2.08. The Labute approximate surface area is 180 Å². The van der Waals surface area contributed by atoms with Crippen LogP contribution in [-0.4, -0.2) is 24.4 Å². The first-order valence-corrected chi connectivity index (χ1v) is 12.4. The van der Waals surface area contributed by atoms with Gasteiger partial charge in [0, 0.05) is 13.0 Å². The summed E-state index contributed by atoms with van der Waals surface area (Å²) in [6.07, 6.45) is 22.9. The first-order chi connectivity index (χ1) is 14.1. The van der Waals surface area contributed by atoms with Crippen molar-refractivity contribution in [2.75, 3.05) is 6.54 Å². The summed E-state index contributed by atoms with van der Waals surface area (Å²) in [4.78, 5) is 22.6. The van der Waals surface area contributed by atoms with E-state index in [4.69, 9.17) is 11.5 Å². The number of rotatable bonds is 22. The molecule has 0 unspecified atom stereocenters. The van der Waals surface area contributed by atoms with Gasteiger partial charge in [-0.1, -0.05) is 96.8 Å². The van der Waals surface area contributed by atoms with Crippen LogP contribution >= 0.6 is 0 Å². The van der Waals surface area contributed by atoms with Gasteiger partial charge in [-0.2, -0.15) is 0 Å². The molecular formula is C24H49N3O2. The van der Waals surface area contributed by atoms with Gasteiger partial charge in [0.2, 0.25) is 11.8 Å². The van der Waals surface area contributed by atoms with Crippen molar-refractivity contribution in [3.8, 4) is 0 Å². The molecule has 0 aliphatic heterocycles. The third kappa shape index (κ3) is 21.4. The Kier molecular flexibility index (Phi) is 20.8. The number of carbonyl (C=O) groups is 2. The first-order valence-electron chi connectivity index (χ1n) is 12.4. The zero-order valence-electron chi connectivity index (χ0n) is 19.2. The van der Waals surface area contributed by atoms with E-state index in [-0.39, 0.29) is 5.91 Å². The van der Waals surface area contributed by atoms with Gasteiger partial charge in [-0.05, 0) is 25.7 Å². The molecule has 29 heavy (non-hydrogen) atoms. The molecule has 5 N–H and O–H groups in total. The standard InChI is InChI=1S/C24H49N3O2/c1-2-3-4-5-6-7-8-9-10-11-12-13-14-15-16-20-23(28)27-21-18-17-19-22(25)24(26)29/h22H,2-21,25H2,1H3,(H2,26,29)(H,27,28)/t22-/m0/s1. The fourth-order valence-electron chi connectivity index (χ4n) is 3.60. The molecule has 0 aromatic heterocycles. The molecule has 0 saturated heterocycles. The number of hydrogen-bond acceptors (Lipinski definition) is 3. The van der Waals surface area contributed by atoms with Gasteiger partial charge in [-0.15, -0.1) is 0 Å². The van der Waals surface area contributed by atoms with Crippen molar-refractivity contribution in [3.63, 3.8) is 0 Å². The molecule has 172 valence electrons. The predicted molar refractivity (Wildman–Crippen MR) is 124 cm³/mol. The van der Waals surface area contributed by atoms with E-state index in [0.717, 1.165) is 25.7 Å². The Bertz CT molecular complexity index is 388. The molecule has 5 nitrogen and oxygen atoms in total. The van der Waals surface area contributed by atoms with Crippen molar-refractivity contribution in [2.24, 2.45) is 11.5 Å². The molecule has 0 fully saturated rings. The summed E-state index contributed by atoms with van der Waals surface area (Å²) in [6.45, 7) is 2.93. The van der Waals surface area contributed by atoms with Crippen molar-refractivity contribution < 1.29 is 9.59 Å². The lowest BCUT2D eigenvalue weighted by atomic mass is 10.0. The molecule has 0 aliphatic carbocycles. The molecule has 0 heterocycles. The van der Waals surface area contributed by atoms with Crippen molar-refractivity contribution in [3.05, 3.63) is 0 Å². The molecule has 0 aliphatic rings. The third-order valence-electron chi connectivity index (χ3n) is 5.64. The predicted octanol–water partition coefficient (Wildman–Crippen LogP) is 5.35. The fourth-order valence-corrected chi connectivity index (χ4v) is 3.60. The number of nitrogens with two attached hydrogens (primary N) is 2. The molecule has 0 saturated carbocycles. The highest BCUT2D eigenvalue weighted by atomic mass is 16.2. The number of unbranched alkanes of at least 4 members (excludes halogenated alkanes) is 15. The van der Waals surface area contributed by atoms with Gasteiger partial charge in [-0.3, -0.25) is 9.59 Å². The summed E-state index contributed by atoms with van der Waals surface area (Å²) in [5.41, 5.74) is 10.7. The van der Waals surface area contributed by atoms with E-state index in [1.165, 1.54) is 83.5 Å². The SMILES string of the molecule is CCCCCCCCCCCCCCCCCC(=O)NCCCC[C@H](N)C(N)=O. The molecule has 2 amide bonds. The molecule has 0 rings (SSSR count). The number of carbonyl (C=O) groups excluding carboxylic acids is 2. The summed E-state index contributed by atoms with van der Waals surface area (Å²) >= 11 is 0. The van der Waals surface area contributed by atoms with Crippen LogP contribution in [0.25, 0.3) is 0 Å². The molecule has 5 heteroatoms. The van der Waals surface area contributed by atoms with E-state index < -0.39 is 11.9 Å². The second-order valence-corrected chi connectivity index (χ2v) is 8.55. The smallest absolute Gasteiger partial charge is 0.234 e. The summed E-state index contributed by atoms with van der Waals surface area (Å²) in [5.74, 6) is -0.318. The number of nitrogens with one attached hydrogen (secondary N) is 1. The molecule has 1 atom stereocenters. The van der Waals surface area contributed by atoms with Gasteiger partial charge in [0.1, 0.15) is 0 Å². The van der Waals surface area contributed by atoms with Gasteiger partial charge in [0.05, 0.1) is 6.04 Å². The second kappa shape index (κ2) is 21.6. The number of primary amides is 1. The van der Waals surface area contributed by atoms with E-state index in [1.54, 1.807) is 0 Å². The zero-order valence-corrected chi connectivity index (χ0v) is 19.2. The highest BCUT2D eigenvalue weighted by molar-refractivity contribution is 5.79. The summed E-state index contributed by atoms with van der Waals surface area (Å²) in [7, 11) is 0. The largest absolute Gasteiger partial charge is 0.368 e. The minimum atomic E-state index is -0.564. The van der Waals surface area contributed by atoms with Crippen LogP contribution in [0.1, 0.15) is 129 Å². The maximum atomic E-state index is 11.8. The van der Waals surface area contributed by atoms with E-state index >= 15 is 0 Å². The lowest BCUT2D eigenvalue weighted by molar-refractivity contribution is -0.121. The van der Waals surface area contributed by atoms with E-state index in [9.17, 15) is 9.59 Å². The normalized spacial score (nSPS) is 12.1. The quantitative estimate of drug-likeness (QED) is 0.209. The van der Waals surface area contributed by atoms with E-state index in [2.05, 4.69) is 12.2 Å². The number of amides is 2. The van der Waals surface area contributed by atoms with Gasteiger partial charge >= 0.3 is 0 Å². The summed E-state index contributed by atoms with van der Waals surface area (Å²) in [6, 6.07) is -0.564. The molecular weight excluding hydrogens is 362 g/mol.